The largest absolute Gasteiger partial charge is 0.384 e. The van der Waals surface area contributed by atoms with E-state index in [4.69, 9.17) is 11.1 Å². The first-order chi connectivity index (χ1) is 8.04. The van der Waals surface area contributed by atoms with E-state index in [0.717, 1.165) is 12.1 Å². The van der Waals surface area contributed by atoms with Crippen LogP contribution in [0.4, 0.5) is 0 Å². The molecule has 0 radical (unpaired) electrons. The summed E-state index contributed by atoms with van der Waals surface area (Å²) >= 11 is 0. The molecule has 0 aromatic heterocycles. The van der Waals surface area contributed by atoms with E-state index in [1.54, 1.807) is 0 Å². The summed E-state index contributed by atoms with van der Waals surface area (Å²) in [6.45, 7) is 5.42. The lowest BCUT2D eigenvalue weighted by molar-refractivity contribution is 0.237. The van der Waals surface area contributed by atoms with Gasteiger partial charge < -0.3 is 5.73 Å². The minimum absolute atomic E-state index is 0.129. The van der Waals surface area contributed by atoms with Crippen LogP contribution in [0.15, 0.2) is 24.3 Å². The molecule has 0 aliphatic heterocycles. The Balaban J connectivity index is 2.59. The highest BCUT2D eigenvalue weighted by molar-refractivity contribution is 5.94. The van der Waals surface area contributed by atoms with Crippen molar-refractivity contribution in [2.24, 2.45) is 5.73 Å². The van der Waals surface area contributed by atoms with E-state index in [1.165, 1.54) is 18.4 Å². The summed E-state index contributed by atoms with van der Waals surface area (Å²) in [5.74, 6) is 0.129. The van der Waals surface area contributed by atoms with Crippen molar-refractivity contribution >= 4 is 5.84 Å². The summed E-state index contributed by atoms with van der Waals surface area (Å²) in [5, 5.41) is 7.34. The molecule has 1 aromatic carbocycles. The van der Waals surface area contributed by atoms with Crippen LogP contribution in [0.2, 0.25) is 0 Å². The number of amidine groups is 1. The zero-order chi connectivity index (χ0) is 12.8. The van der Waals surface area contributed by atoms with Gasteiger partial charge in [-0.15, -0.1) is 0 Å². The summed E-state index contributed by atoms with van der Waals surface area (Å²) in [6, 6.07) is 8.52. The molecule has 0 bridgehead atoms. The molecule has 0 aliphatic rings. The fourth-order valence-corrected chi connectivity index (χ4v) is 1.87. The Labute approximate surface area is 104 Å². The summed E-state index contributed by atoms with van der Waals surface area (Å²) in [5.41, 5.74) is 7.48. The maximum Gasteiger partial charge on any atom is 0.122 e. The number of rotatable bonds is 6. The molecule has 0 saturated heterocycles. The van der Waals surface area contributed by atoms with Crippen molar-refractivity contribution in [1.29, 1.82) is 5.41 Å². The van der Waals surface area contributed by atoms with Gasteiger partial charge in [-0.25, -0.2) is 0 Å². The molecule has 1 rings (SSSR count). The number of nitrogens with one attached hydrogen (secondary N) is 1. The Morgan fingerprint density at radius 2 is 1.94 bits per heavy atom. The maximum atomic E-state index is 7.34. The summed E-state index contributed by atoms with van der Waals surface area (Å²) in [6.07, 6.45) is 2.44. The van der Waals surface area contributed by atoms with Gasteiger partial charge in [0.05, 0.1) is 0 Å². The van der Waals surface area contributed by atoms with E-state index < -0.39 is 0 Å². The third kappa shape index (κ3) is 4.19. The van der Waals surface area contributed by atoms with Crippen LogP contribution in [-0.2, 0) is 6.54 Å². The molecular weight excluding hydrogens is 210 g/mol. The predicted molar refractivity (Wildman–Crippen MR) is 73.3 cm³/mol. The Hall–Kier alpha value is -1.35. The van der Waals surface area contributed by atoms with Crippen LogP contribution in [0.1, 0.15) is 37.8 Å². The molecule has 0 saturated carbocycles. The van der Waals surface area contributed by atoms with Crippen molar-refractivity contribution < 1.29 is 0 Å². The molecule has 0 heterocycles. The number of hydrogen-bond acceptors (Lipinski definition) is 2. The smallest absolute Gasteiger partial charge is 0.122 e. The van der Waals surface area contributed by atoms with E-state index in [-0.39, 0.29) is 5.84 Å². The van der Waals surface area contributed by atoms with Gasteiger partial charge in [-0.3, -0.25) is 10.3 Å². The zero-order valence-electron chi connectivity index (χ0n) is 11.0. The number of hydrogen-bond donors (Lipinski definition) is 2. The summed E-state index contributed by atoms with van der Waals surface area (Å²) < 4.78 is 0. The SMILES string of the molecule is CCCC(C)N(C)Cc1ccc(C(=N)N)cc1. The summed E-state index contributed by atoms with van der Waals surface area (Å²) in [7, 11) is 2.15. The third-order valence-electron chi connectivity index (χ3n) is 3.16. The van der Waals surface area contributed by atoms with E-state index in [0.29, 0.717) is 6.04 Å². The fraction of sp³-hybridized carbons (Fsp3) is 0.500. The van der Waals surface area contributed by atoms with Crippen LogP contribution < -0.4 is 5.73 Å². The van der Waals surface area contributed by atoms with Crippen LogP contribution in [0, 0.1) is 5.41 Å². The van der Waals surface area contributed by atoms with Crippen molar-refractivity contribution in [3.63, 3.8) is 0 Å². The number of nitrogens with two attached hydrogens (primary N) is 1. The number of nitrogens with zero attached hydrogens (tertiary/aromatic N) is 1. The lowest BCUT2D eigenvalue weighted by Crippen LogP contribution is -2.28. The van der Waals surface area contributed by atoms with Crippen LogP contribution in [0.3, 0.4) is 0 Å². The molecule has 0 fully saturated rings. The van der Waals surface area contributed by atoms with E-state index in [2.05, 4.69) is 25.8 Å². The van der Waals surface area contributed by atoms with Crippen molar-refractivity contribution in [2.45, 2.75) is 39.3 Å². The van der Waals surface area contributed by atoms with Crippen LogP contribution in [0.25, 0.3) is 0 Å². The van der Waals surface area contributed by atoms with Crippen LogP contribution in [-0.4, -0.2) is 23.8 Å². The van der Waals surface area contributed by atoms with Gasteiger partial charge in [0.1, 0.15) is 5.84 Å². The van der Waals surface area contributed by atoms with Gasteiger partial charge in [0, 0.05) is 18.2 Å². The second-order valence-corrected chi connectivity index (χ2v) is 4.66. The first kappa shape index (κ1) is 13.7. The van der Waals surface area contributed by atoms with Crippen molar-refractivity contribution in [3.05, 3.63) is 35.4 Å². The highest BCUT2D eigenvalue weighted by Crippen LogP contribution is 2.10. The van der Waals surface area contributed by atoms with E-state index in [9.17, 15) is 0 Å². The minimum atomic E-state index is 0.129. The fourth-order valence-electron chi connectivity index (χ4n) is 1.87. The second-order valence-electron chi connectivity index (χ2n) is 4.66. The van der Waals surface area contributed by atoms with Gasteiger partial charge in [0.25, 0.3) is 0 Å². The molecule has 0 amide bonds. The maximum absolute atomic E-state index is 7.34. The molecule has 3 nitrogen and oxygen atoms in total. The first-order valence-corrected chi connectivity index (χ1v) is 6.18. The number of benzene rings is 1. The van der Waals surface area contributed by atoms with Gasteiger partial charge in [-0.2, -0.15) is 0 Å². The van der Waals surface area contributed by atoms with Crippen molar-refractivity contribution in [2.75, 3.05) is 7.05 Å². The molecule has 1 aromatic rings. The number of nitrogen functional groups attached to an aromatic ring is 1. The highest BCUT2D eigenvalue weighted by Gasteiger charge is 2.08. The molecule has 0 aliphatic carbocycles. The zero-order valence-corrected chi connectivity index (χ0v) is 11.0. The topological polar surface area (TPSA) is 53.1 Å². The van der Waals surface area contributed by atoms with Gasteiger partial charge in [0.15, 0.2) is 0 Å². The molecule has 94 valence electrons. The Kier molecular flexibility index (Phi) is 5.16. The molecule has 17 heavy (non-hydrogen) atoms. The van der Waals surface area contributed by atoms with Gasteiger partial charge in [-0.05, 0) is 26.0 Å². The van der Waals surface area contributed by atoms with Gasteiger partial charge >= 0.3 is 0 Å². The molecule has 1 unspecified atom stereocenters. The second kappa shape index (κ2) is 6.40. The molecule has 0 spiro atoms. The highest BCUT2D eigenvalue weighted by atomic mass is 15.1. The normalized spacial score (nSPS) is 12.7. The molecule has 3 heteroatoms. The van der Waals surface area contributed by atoms with E-state index in [1.807, 2.05) is 24.3 Å². The first-order valence-electron chi connectivity index (χ1n) is 6.18. The standard InChI is InChI=1S/C14H23N3/c1-4-5-11(2)17(3)10-12-6-8-13(9-7-12)14(15)16/h6-9,11H,4-5,10H2,1-3H3,(H3,15,16). The van der Waals surface area contributed by atoms with Crippen LogP contribution >= 0.6 is 0 Å². The van der Waals surface area contributed by atoms with Gasteiger partial charge in [-0.1, -0.05) is 37.6 Å². The van der Waals surface area contributed by atoms with Crippen molar-refractivity contribution in [1.82, 2.24) is 4.90 Å². The average Bonchev–Trinajstić information content (AvgIpc) is 2.30. The van der Waals surface area contributed by atoms with Crippen LogP contribution in [0.5, 0.6) is 0 Å². The minimum Gasteiger partial charge on any atom is -0.384 e. The molecular formula is C14H23N3. The average molecular weight is 233 g/mol. The van der Waals surface area contributed by atoms with E-state index >= 15 is 0 Å². The molecule has 3 N–H and O–H groups in total. The Morgan fingerprint density at radius 1 is 1.35 bits per heavy atom. The summed E-state index contributed by atoms with van der Waals surface area (Å²) in [4.78, 5) is 2.35. The predicted octanol–water partition coefficient (Wildman–Crippen LogP) is 2.59. The third-order valence-corrected chi connectivity index (χ3v) is 3.16. The quantitative estimate of drug-likeness (QED) is 0.586. The van der Waals surface area contributed by atoms with Gasteiger partial charge in [0.2, 0.25) is 0 Å². The Bertz CT molecular complexity index is 356. The van der Waals surface area contributed by atoms with Crippen molar-refractivity contribution in [3.8, 4) is 0 Å². The molecule has 1 atom stereocenters. The monoisotopic (exact) mass is 233 g/mol. The lowest BCUT2D eigenvalue weighted by atomic mass is 10.1. The Morgan fingerprint density at radius 3 is 2.41 bits per heavy atom. The lowest BCUT2D eigenvalue weighted by Gasteiger charge is -2.24.